The Kier molecular flexibility index (Phi) is 1.65. The van der Waals surface area contributed by atoms with E-state index < -0.39 is 0 Å². The van der Waals surface area contributed by atoms with E-state index in [4.69, 9.17) is 0 Å². The summed E-state index contributed by atoms with van der Waals surface area (Å²) in [5.74, 6) is 0. The molecule has 9 heavy (non-hydrogen) atoms. The second kappa shape index (κ2) is 2.17. The quantitative estimate of drug-likeness (QED) is 0.507. The van der Waals surface area contributed by atoms with Crippen LogP contribution in [0, 0.1) is 5.41 Å². The first kappa shape index (κ1) is 6.85. The first-order chi connectivity index (χ1) is 4.16. The average molecular weight is 124 g/mol. The van der Waals surface area contributed by atoms with Crippen LogP contribution in [0.15, 0.2) is 12.2 Å². The molecule has 52 valence electrons. The molecule has 0 heteroatoms. The van der Waals surface area contributed by atoms with Gasteiger partial charge in [-0.05, 0) is 31.1 Å². The summed E-state index contributed by atoms with van der Waals surface area (Å²) in [5.41, 5.74) is 2.10. The van der Waals surface area contributed by atoms with Crippen molar-refractivity contribution in [1.29, 1.82) is 0 Å². The van der Waals surface area contributed by atoms with E-state index in [0.717, 1.165) is 6.42 Å². The van der Waals surface area contributed by atoms with Crippen LogP contribution in [0.4, 0.5) is 0 Å². The Morgan fingerprint density at radius 1 is 1.56 bits per heavy atom. The van der Waals surface area contributed by atoms with Crippen molar-refractivity contribution in [3.8, 4) is 0 Å². The minimum Gasteiger partial charge on any atom is -0.0999 e. The van der Waals surface area contributed by atoms with Gasteiger partial charge in [0.2, 0.25) is 0 Å². The van der Waals surface area contributed by atoms with Crippen molar-refractivity contribution in [2.45, 2.75) is 39.5 Å². The Labute approximate surface area is 58.0 Å². The monoisotopic (exact) mass is 124 g/mol. The molecule has 1 saturated carbocycles. The molecule has 1 aliphatic carbocycles. The van der Waals surface area contributed by atoms with Gasteiger partial charge in [0.15, 0.2) is 0 Å². The molecule has 1 rings (SSSR count). The Morgan fingerprint density at radius 3 is 2.44 bits per heavy atom. The van der Waals surface area contributed by atoms with E-state index in [1.807, 2.05) is 0 Å². The molecule has 0 atom stereocenters. The van der Waals surface area contributed by atoms with E-state index in [-0.39, 0.29) is 0 Å². The zero-order chi connectivity index (χ0) is 6.91. The lowest BCUT2D eigenvalue weighted by Crippen LogP contribution is -1.93. The molecular weight excluding hydrogens is 108 g/mol. The zero-order valence-electron chi connectivity index (χ0n) is 6.54. The zero-order valence-corrected chi connectivity index (χ0v) is 6.54. The summed E-state index contributed by atoms with van der Waals surface area (Å²) in [4.78, 5) is 0. The minimum absolute atomic E-state index is 0.674. The van der Waals surface area contributed by atoms with Gasteiger partial charge in [0, 0.05) is 0 Å². The van der Waals surface area contributed by atoms with E-state index in [2.05, 4.69) is 20.4 Å². The number of hydrogen-bond acceptors (Lipinski definition) is 0. The molecule has 0 aliphatic heterocycles. The molecule has 0 amide bonds. The Balaban J connectivity index is 2.25. The van der Waals surface area contributed by atoms with Gasteiger partial charge >= 0.3 is 0 Å². The van der Waals surface area contributed by atoms with Gasteiger partial charge in [-0.1, -0.05) is 26.0 Å². The van der Waals surface area contributed by atoms with Crippen LogP contribution in [-0.2, 0) is 0 Å². The van der Waals surface area contributed by atoms with Crippen molar-refractivity contribution in [3.05, 3.63) is 12.2 Å². The molecule has 1 aliphatic rings. The van der Waals surface area contributed by atoms with Crippen molar-refractivity contribution in [1.82, 2.24) is 0 Å². The summed E-state index contributed by atoms with van der Waals surface area (Å²) in [7, 11) is 0. The molecule has 0 nitrogen and oxygen atoms in total. The predicted octanol–water partition coefficient (Wildman–Crippen LogP) is 3.14. The normalized spacial score (nSPS) is 21.6. The molecule has 0 aromatic carbocycles. The topological polar surface area (TPSA) is 0 Å². The van der Waals surface area contributed by atoms with Gasteiger partial charge in [-0.2, -0.15) is 0 Å². The molecule has 1 fully saturated rings. The van der Waals surface area contributed by atoms with E-state index in [0.29, 0.717) is 5.41 Å². The van der Waals surface area contributed by atoms with Gasteiger partial charge in [0.1, 0.15) is 0 Å². The van der Waals surface area contributed by atoms with Crippen LogP contribution in [0.5, 0.6) is 0 Å². The summed E-state index contributed by atoms with van der Waals surface area (Å²) in [5, 5.41) is 0. The first-order valence-corrected chi connectivity index (χ1v) is 3.83. The summed E-state index contributed by atoms with van der Waals surface area (Å²) < 4.78 is 0. The average Bonchev–Trinajstić information content (AvgIpc) is 2.48. The van der Waals surface area contributed by atoms with Crippen LogP contribution in [0.25, 0.3) is 0 Å². The SMILES string of the molecule is C=C(CC)CC1(C)CC1. The van der Waals surface area contributed by atoms with Crippen molar-refractivity contribution in [3.63, 3.8) is 0 Å². The number of allylic oxidation sites excluding steroid dienone is 1. The fourth-order valence-corrected chi connectivity index (χ4v) is 1.12. The third kappa shape index (κ3) is 1.85. The highest BCUT2D eigenvalue weighted by Crippen LogP contribution is 2.49. The lowest BCUT2D eigenvalue weighted by Gasteiger charge is -2.07. The molecule has 0 saturated heterocycles. The second-order valence-corrected chi connectivity index (χ2v) is 3.59. The molecule has 0 unspecified atom stereocenters. The first-order valence-electron chi connectivity index (χ1n) is 3.83. The van der Waals surface area contributed by atoms with Crippen LogP contribution in [0.2, 0.25) is 0 Å². The maximum atomic E-state index is 4.00. The molecule has 0 spiro atoms. The summed E-state index contributed by atoms with van der Waals surface area (Å²) in [6.07, 6.45) is 5.27. The molecule has 0 N–H and O–H groups in total. The second-order valence-electron chi connectivity index (χ2n) is 3.59. The van der Waals surface area contributed by atoms with Gasteiger partial charge in [-0.15, -0.1) is 0 Å². The Bertz CT molecular complexity index is 118. The van der Waals surface area contributed by atoms with Crippen molar-refractivity contribution < 1.29 is 0 Å². The van der Waals surface area contributed by atoms with E-state index >= 15 is 0 Å². The lowest BCUT2D eigenvalue weighted by atomic mass is 9.98. The van der Waals surface area contributed by atoms with Crippen LogP contribution in [0.3, 0.4) is 0 Å². The predicted molar refractivity (Wildman–Crippen MR) is 41.4 cm³/mol. The van der Waals surface area contributed by atoms with Crippen molar-refractivity contribution in [2.75, 3.05) is 0 Å². The highest BCUT2D eigenvalue weighted by molar-refractivity contribution is 5.03. The van der Waals surface area contributed by atoms with Gasteiger partial charge in [-0.25, -0.2) is 0 Å². The van der Waals surface area contributed by atoms with Crippen LogP contribution >= 0.6 is 0 Å². The van der Waals surface area contributed by atoms with Crippen molar-refractivity contribution >= 4 is 0 Å². The standard InChI is InChI=1S/C9H16/c1-4-8(2)7-9(3)5-6-9/h2,4-7H2,1,3H3. The van der Waals surface area contributed by atoms with E-state index in [1.54, 1.807) is 0 Å². The highest BCUT2D eigenvalue weighted by atomic mass is 14.4. The van der Waals surface area contributed by atoms with Gasteiger partial charge in [-0.3, -0.25) is 0 Å². The number of hydrogen-bond donors (Lipinski definition) is 0. The molecule has 0 aromatic rings. The van der Waals surface area contributed by atoms with Crippen LogP contribution in [0.1, 0.15) is 39.5 Å². The molecule has 0 radical (unpaired) electrons. The highest BCUT2D eigenvalue weighted by Gasteiger charge is 2.36. The fraction of sp³-hybridized carbons (Fsp3) is 0.778. The summed E-state index contributed by atoms with van der Waals surface area (Å²) in [6, 6.07) is 0. The van der Waals surface area contributed by atoms with Crippen LogP contribution < -0.4 is 0 Å². The van der Waals surface area contributed by atoms with Crippen molar-refractivity contribution in [2.24, 2.45) is 5.41 Å². The maximum absolute atomic E-state index is 4.00. The third-order valence-corrected chi connectivity index (χ3v) is 2.28. The van der Waals surface area contributed by atoms with Crippen LogP contribution in [-0.4, -0.2) is 0 Å². The van der Waals surface area contributed by atoms with Gasteiger partial charge < -0.3 is 0 Å². The van der Waals surface area contributed by atoms with E-state index in [9.17, 15) is 0 Å². The molecule has 0 aromatic heterocycles. The lowest BCUT2D eigenvalue weighted by molar-refractivity contribution is 0.559. The summed E-state index contributed by atoms with van der Waals surface area (Å²) in [6.45, 7) is 8.54. The largest absolute Gasteiger partial charge is 0.0999 e. The maximum Gasteiger partial charge on any atom is -0.0269 e. The molecule has 0 bridgehead atoms. The minimum atomic E-state index is 0.674. The molecule has 0 heterocycles. The Hall–Kier alpha value is -0.260. The summed E-state index contributed by atoms with van der Waals surface area (Å²) >= 11 is 0. The van der Waals surface area contributed by atoms with Gasteiger partial charge in [0.05, 0.1) is 0 Å². The Morgan fingerprint density at radius 2 is 2.11 bits per heavy atom. The number of rotatable bonds is 3. The fourth-order valence-electron chi connectivity index (χ4n) is 1.12. The smallest absolute Gasteiger partial charge is 0.0269 e. The van der Waals surface area contributed by atoms with E-state index in [1.165, 1.54) is 24.8 Å². The molecular formula is C9H16. The third-order valence-electron chi connectivity index (χ3n) is 2.28. The van der Waals surface area contributed by atoms with Gasteiger partial charge in [0.25, 0.3) is 0 Å².